The molecule has 2 aromatic heterocycles. The van der Waals surface area contributed by atoms with Gasteiger partial charge in [0, 0.05) is 51.0 Å². The normalized spacial score (nSPS) is 18.0. The Balaban J connectivity index is 1.15. The average molecular weight is 486 g/mol. The van der Waals surface area contributed by atoms with Crippen LogP contribution in [0.25, 0.3) is 0 Å². The van der Waals surface area contributed by atoms with E-state index in [0.717, 1.165) is 28.5 Å². The summed E-state index contributed by atoms with van der Waals surface area (Å²) in [6.07, 6.45) is 2.06. The minimum absolute atomic E-state index is 0.0139. The van der Waals surface area contributed by atoms with E-state index in [1.807, 2.05) is 61.2 Å². The van der Waals surface area contributed by atoms with Gasteiger partial charge in [0.15, 0.2) is 11.6 Å². The minimum Gasteiger partial charge on any atom is -0.352 e. The lowest BCUT2D eigenvalue weighted by Crippen LogP contribution is -2.51. The molecule has 1 atom stereocenters. The number of aromatic nitrogens is 3. The molecule has 0 radical (unpaired) electrons. The number of carbonyl (C=O) groups is 2. The van der Waals surface area contributed by atoms with Gasteiger partial charge < -0.3 is 20.0 Å². The lowest BCUT2D eigenvalue weighted by Gasteiger charge is -2.36. The van der Waals surface area contributed by atoms with Gasteiger partial charge in [0.2, 0.25) is 11.8 Å². The molecule has 2 aliphatic heterocycles. The third kappa shape index (κ3) is 5.00. The van der Waals surface area contributed by atoms with E-state index in [1.165, 1.54) is 5.56 Å². The first-order valence-corrected chi connectivity index (χ1v) is 12.3. The fourth-order valence-electron chi connectivity index (χ4n) is 4.66. The van der Waals surface area contributed by atoms with Crippen molar-refractivity contribution in [2.75, 3.05) is 47.8 Å². The molecule has 9 nitrogen and oxygen atoms in total. The SMILES string of the molecule is Cc1ccc(Nc2ccc(N3CCN(C(=O)C4CC(=O)N(c5ccc(C)c(C)c5)C4)CC3)nn2)nc1. The summed E-state index contributed by atoms with van der Waals surface area (Å²) in [5.41, 5.74) is 4.30. The molecule has 1 N–H and O–H groups in total. The molecule has 1 aromatic carbocycles. The molecule has 2 amide bonds. The molecule has 2 saturated heterocycles. The van der Waals surface area contributed by atoms with E-state index in [-0.39, 0.29) is 24.2 Å². The maximum Gasteiger partial charge on any atom is 0.228 e. The fraction of sp³-hybridized carbons (Fsp3) is 0.370. The van der Waals surface area contributed by atoms with Crippen LogP contribution < -0.4 is 15.1 Å². The van der Waals surface area contributed by atoms with Gasteiger partial charge in [0.25, 0.3) is 0 Å². The fourth-order valence-corrected chi connectivity index (χ4v) is 4.66. The lowest BCUT2D eigenvalue weighted by atomic mass is 10.1. The lowest BCUT2D eigenvalue weighted by molar-refractivity contribution is -0.136. The van der Waals surface area contributed by atoms with Crippen molar-refractivity contribution in [2.24, 2.45) is 5.92 Å². The van der Waals surface area contributed by atoms with Crippen LogP contribution in [0.2, 0.25) is 0 Å². The smallest absolute Gasteiger partial charge is 0.228 e. The number of aryl methyl sites for hydroxylation is 3. The van der Waals surface area contributed by atoms with Gasteiger partial charge in [-0.15, -0.1) is 10.2 Å². The van der Waals surface area contributed by atoms with Crippen LogP contribution in [0.4, 0.5) is 23.1 Å². The second kappa shape index (κ2) is 9.93. The maximum absolute atomic E-state index is 13.2. The molecule has 2 aliphatic rings. The van der Waals surface area contributed by atoms with Gasteiger partial charge in [-0.25, -0.2) is 4.98 Å². The van der Waals surface area contributed by atoms with Gasteiger partial charge in [-0.3, -0.25) is 9.59 Å². The quantitative estimate of drug-likeness (QED) is 0.593. The van der Waals surface area contributed by atoms with Crippen LogP contribution in [0.15, 0.2) is 48.7 Å². The molecule has 2 fully saturated rings. The van der Waals surface area contributed by atoms with Crippen LogP contribution in [-0.4, -0.2) is 64.6 Å². The summed E-state index contributed by atoms with van der Waals surface area (Å²) in [6.45, 7) is 9.07. The molecule has 0 bridgehead atoms. The number of carbonyl (C=O) groups excluding carboxylic acids is 2. The largest absolute Gasteiger partial charge is 0.352 e. The van der Waals surface area contributed by atoms with Crippen LogP contribution in [0, 0.1) is 26.7 Å². The minimum atomic E-state index is -0.300. The predicted molar refractivity (Wildman–Crippen MR) is 139 cm³/mol. The van der Waals surface area contributed by atoms with Crippen LogP contribution in [0.3, 0.4) is 0 Å². The van der Waals surface area contributed by atoms with E-state index in [2.05, 4.69) is 32.3 Å². The van der Waals surface area contributed by atoms with Gasteiger partial charge in [-0.1, -0.05) is 12.1 Å². The Hall–Kier alpha value is -4.01. The zero-order chi connectivity index (χ0) is 25.2. The first-order valence-electron chi connectivity index (χ1n) is 12.3. The van der Waals surface area contributed by atoms with Crippen LogP contribution in [0.5, 0.6) is 0 Å². The highest BCUT2D eigenvalue weighted by Gasteiger charge is 2.38. The Bertz CT molecular complexity index is 1250. The molecular formula is C27H31N7O2. The van der Waals surface area contributed by atoms with Crippen molar-refractivity contribution in [3.05, 3.63) is 65.4 Å². The number of benzene rings is 1. The van der Waals surface area contributed by atoms with Crippen molar-refractivity contribution >= 4 is 35.0 Å². The van der Waals surface area contributed by atoms with Gasteiger partial charge in [-0.2, -0.15) is 0 Å². The number of amides is 2. The summed E-state index contributed by atoms with van der Waals surface area (Å²) < 4.78 is 0. The van der Waals surface area contributed by atoms with Gasteiger partial charge in [-0.05, 0) is 67.8 Å². The first kappa shape index (κ1) is 23.7. The summed E-state index contributed by atoms with van der Waals surface area (Å²) in [7, 11) is 0. The highest BCUT2D eigenvalue weighted by Crippen LogP contribution is 2.28. The highest BCUT2D eigenvalue weighted by atomic mass is 16.2. The molecule has 1 unspecified atom stereocenters. The van der Waals surface area contributed by atoms with Crippen molar-refractivity contribution in [1.82, 2.24) is 20.1 Å². The summed E-state index contributed by atoms with van der Waals surface area (Å²) in [6, 6.07) is 13.7. The Labute approximate surface area is 211 Å². The second-order valence-electron chi connectivity index (χ2n) is 9.61. The van der Waals surface area contributed by atoms with E-state index in [1.54, 1.807) is 11.1 Å². The van der Waals surface area contributed by atoms with E-state index < -0.39 is 0 Å². The topological polar surface area (TPSA) is 94.6 Å². The van der Waals surface area contributed by atoms with Crippen LogP contribution in [-0.2, 0) is 9.59 Å². The van der Waals surface area contributed by atoms with Crippen molar-refractivity contribution in [2.45, 2.75) is 27.2 Å². The molecule has 0 aliphatic carbocycles. The van der Waals surface area contributed by atoms with Gasteiger partial charge in [0.05, 0.1) is 5.92 Å². The number of rotatable bonds is 5. The zero-order valence-electron chi connectivity index (χ0n) is 20.9. The number of piperazine rings is 1. The second-order valence-corrected chi connectivity index (χ2v) is 9.61. The van der Waals surface area contributed by atoms with E-state index in [0.29, 0.717) is 38.5 Å². The van der Waals surface area contributed by atoms with E-state index in [9.17, 15) is 9.59 Å². The van der Waals surface area contributed by atoms with Crippen molar-refractivity contribution in [3.8, 4) is 0 Å². The van der Waals surface area contributed by atoms with Crippen LogP contribution in [0.1, 0.15) is 23.1 Å². The number of nitrogens with one attached hydrogen (secondary N) is 1. The van der Waals surface area contributed by atoms with E-state index in [4.69, 9.17) is 0 Å². The Kier molecular flexibility index (Phi) is 6.54. The standard InChI is InChI=1S/C27H31N7O2/c1-18-4-7-23(28-16-18)29-24-8-9-25(31-30-24)32-10-12-33(13-11-32)27(36)21-15-26(35)34(17-21)22-6-5-19(2)20(3)14-22/h4-9,14,16,21H,10-13,15,17H2,1-3H3,(H,28,29,30). The van der Waals surface area contributed by atoms with Crippen molar-refractivity contribution < 1.29 is 9.59 Å². The molecular weight excluding hydrogens is 454 g/mol. The summed E-state index contributed by atoms with van der Waals surface area (Å²) in [4.78, 5) is 36.0. The maximum atomic E-state index is 13.2. The highest BCUT2D eigenvalue weighted by molar-refractivity contribution is 6.00. The third-order valence-corrected chi connectivity index (χ3v) is 7.01. The number of nitrogens with zero attached hydrogens (tertiary/aromatic N) is 6. The zero-order valence-corrected chi connectivity index (χ0v) is 20.9. The molecule has 4 heterocycles. The molecule has 0 spiro atoms. The average Bonchev–Trinajstić information content (AvgIpc) is 3.29. The number of hydrogen-bond donors (Lipinski definition) is 1. The molecule has 36 heavy (non-hydrogen) atoms. The molecule has 9 heteroatoms. The molecule has 0 saturated carbocycles. The monoisotopic (exact) mass is 485 g/mol. The number of pyridine rings is 1. The van der Waals surface area contributed by atoms with Crippen molar-refractivity contribution in [1.29, 1.82) is 0 Å². The molecule has 3 aromatic rings. The summed E-state index contributed by atoms with van der Waals surface area (Å²) in [5.74, 6) is 1.90. The predicted octanol–water partition coefficient (Wildman–Crippen LogP) is 3.24. The number of hydrogen-bond acceptors (Lipinski definition) is 7. The Morgan fingerprint density at radius 3 is 2.36 bits per heavy atom. The van der Waals surface area contributed by atoms with Gasteiger partial charge >= 0.3 is 0 Å². The summed E-state index contributed by atoms with van der Waals surface area (Å²) >= 11 is 0. The Morgan fingerprint density at radius 2 is 1.69 bits per heavy atom. The Morgan fingerprint density at radius 1 is 0.917 bits per heavy atom. The van der Waals surface area contributed by atoms with Crippen LogP contribution >= 0.6 is 0 Å². The summed E-state index contributed by atoms with van der Waals surface area (Å²) in [5, 5.41) is 11.8. The van der Waals surface area contributed by atoms with E-state index >= 15 is 0 Å². The van der Waals surface area contributed by atoms with Gasteiger partial charge in [0.1, 0.15) is 5.82 Å². The molecule has 5 rings (SSSR count). The molecule has 186 valence electrons. The first-order chi connectivity index (χ1) is 17.4. The number of anilines is 4. The third-order valence-electron chi connectivity index (χ3n) is 7.01. The van der Waals surface area contributed by atoms with Crippen molar-refractivity contribution in [3.63, 3.8) is 0 Å².